The third kappa shape index (κ3) is 5.12. The molecule has 0 atom stereocenters. The van der Waals surface area contributed by atoms with Crippen molar-refractivity contribution in [3.63, 3.8) is 0 Å². The van der Waals surface area contributed by atoms with E-state index in [0.29, 0.717) is 60.5 Å². The highest BCUT2D eigenvalue weighted by molar-refractivity contribution is 7.12. The molecule has 4 nitrogen and oxygen atoms in total. The smallest absolute Gasteiger partial charge is 0.192 e. The molecule has 0 fully saturated rings. The minimum Gasteiger partial charge on any atom is -0.192 e. The molecular weight excluding hydrogens is 574 g/mol. The lowest BCUT2D eigenvalue weighted by Crippen LogP contribution is -1.94. The van der Waals surface area contributed by atoms with E-state index in [1.54, 1.807) is 48.5 Å². The molecule has 0 saturated heterocycles. The Morgan fingerprint density at radius 2 is 1.03 bits per heavy atom. The molecule has 4 rings (SSSR count). The van der Waals surface area contributed by atoms with E-state index in [1.165, 1.54) is 22.7 Å². The molecule has 0 unspecified atom stereocenters. The summed E-state index contributed by atoms with van der Waals surface area (Å²) < 4.78 is 2.36. The first-order valence-corrected chi connectivity index (χ1v) is 12.9. The zero-order valence-corrected chi connectivity index (χ0v) is 22.4. The molecule has 4 aromatic rings. The summed E-state index contributed by atoms with van der Waals surface area (Å²) in [4.78, 5) is 6.73. The summed E-state index contributed by atoms with van der Waals surface area (Å²) in [5, 5.41) is 20.7. The number of halogens is 4. The second kappa shape index (κ2) is 10.8. The molecule has 0 amide bonds. The minimum absolute atomic E-state index is 0.0423. The highest BCUT2D eigenvalue weighted by Crippen LogP contribution is 2.34. The van der Waals surface area contributed by atoms with E-state index in [2.05, 4.69) is 9.69 Å². The predicted octanol–water partition coefficient (Wildman–Crippen LogP) is 8.15. The quantitative estimate of drug-likeness (QED) is 0.224. The summed E-state index contributed by atoms with van der Waals surface area (Å²) in [6, 6.07) is 17.5. The summed E-state index contributed by atoms with van der Waals surface area (Å²) >= 11 is 27.6. The van der Waals surface area contributed by atoms with Crippen molar-refractivity contribution in [1.29, 1.82) is 10.5 Å². The normalized spacial score (nSPS) is 11.1. The maximum atomic E-state index is 9.50. The fourth-order valence-electron chi connectivity index (χ4n) is 3.47. The first-order valence-electron chi connectivity index (χ1n) is 9.78. The zero-order chi connectivity index (χ0) is 26.0. The van der Waals surface area contributed by atoms with E-state index in [9.17, 15) is 10.5 Å². The fraction of sp³-hybridized carbons (Fsp3) is 0. The summed E-state index contributed by atoms with van der Waals surface area (Å²) in [6.45, 7) is 14.9. The van der Waals surface area contributed by atoms with Crippen molar-refractivity contribution in [2.45, 2.75) is 0 Å². The van der Waals surface area contributed by atoms with Gasteiger partial charge in [-0.25, -0.2) is 0 Å². The molecule has 0 bridgehead atoms. The van der Waals surface area contributed by atoms with Crippen LogP contribution in [0.4, 0.5) is 0 Å². The molecule has 0 N–H and O–H groups in total. The summed E-state index contributed by atoms with van der Waals surface area (Å²) in [5.41, 5.74) is 2.72. The molecule has 0 aliphatic heterocycles. The Kier molecular flexibility index (Phi) is 7.70. The van der Waals surface area contributed by atoms with Gasteiger partial charge in [-0.15, -0.1) is 22.7 Å². The molecule has 2 heterocycles. The van der Waals surface area contributed by atoms with E-state index >= 15 is 0 Å². The Morgan fingerprint density at radius 3 is 1.42 bits per heavy atom. The van der Waals surface area contributed by atoms with Crippen LogP contribution in [0.3, 0.4) is 0 Å². The van der Waals surface area contributed by atoms with Gasteiger partial charge in [-0.2, -0.15) is 20.2 Å². The molecule has 172 valence electrons. The van der Waals surface area contributed by atoms with Crippen molar-refractivity contribution in [3.8, 4) is 34.4 Å². The van der Waals surface area contributed by atoms with Gasteiger partial charge in [-0.1, -0.05) is 46.4 Å². The average molecular weight is 582 g/mol. The second-order valence-electron chi connectivity index (χ2n) is 7.17. The van der Waals surface area contributed by atoms with Crippen LogP contribution in [0.25, 0.3) is 43.3 Å². The van der Waals surface area contributed by atoms with Crippen LogP contribution in [0.2, 0.25) is 20.1 Å². The lowest BCUT2D eigenvalue weighted by Gasteiger charge is -2.03. The Balaban J connectivity index is 2.33. The fourth-order valence-corrected chi connectivity index (χ4v) is 6.92. The monoisotopic (exact) mass is 580 g/mol. The van der Waals surface area contributed by atoms with E-state index in [4.69, 9.17) is 59.5 Å². The predicted molar refractivity (Wildman–Crippen MR) is 148 cm³/mol. The molecule has 0 aliphatic carbocycles. The molecule has 0 radical (unpaired) electrons. The van der Waals surface area contributed by atoms with E-state index < -0.39 is 0 Å². The topological polar surface area (TPSA) is 56.3 Å². The van der Waals surface area contributed by atoms with Crippen molar-refractivity contribution < 1.29 is 0 Å². The van der Waals surface area contributed by atoms with Gasteiger partial charge in [0, 0.05) is 31.2 Å². The van der Waals surface area contributed by atoms with Gasteiger partial charge in [-0.3, -0.25) is 0 Å². The van der Waals surface area contributed by atoms with Crippen LogP contribution in [0.15, 0.2) is 48.5 Å². The van der Waals surface area contributed by atoms with Gasteiger partial charge in [0.1, 0.15) is 35.4 Å². The average Bonchev–Trinajstić information content (AvgIpc) is 3.45. The van der Waals surface area contributed by atoms with Crippen LogP contribution in [-0.4, -0.2) is 0 Å². The van der Waals surface area contributed by atoms with Gasteiger partial charge in [0.05, 0.1) is 13.6 Å². The molecule has 0 saturated carbocycles. The van der Waals surface area contributed by atoms with Crippen LogP contribution in [0.5, 0.6) is 0 Å². The number of rotatable bonds is 2. The number of benzene rings is 2. The van der Waals surface area contributed by atoms with Crippen molar-refractivity contribution >= 4 is 80.5 Å². The maximum absolute atomic E-state index is 9.50. The lowest BCUT2D eigenvalue weighted by atomic mass is 10.1. The number of hydrogen-bond acceptors (Lipinski definition) is 4. The van der Waals surface area contributed by atoms with Gasteiger partial charge in [0.2, 0.25) is 0 Å². The van der Waals surface area contributed by atoms with Crippen LogP contribution >= 0.6 is 69.1 Å². The Labute approximate surface area is 233 Å². The third-order valence-corrected chi connectivity index (χ3v) is 8.24. The zero-order valence-electron chi connectivity index (χ0n) is 17.7. The Hall–Kier alpha value is -3.30. The van der Waals surface area contributed by atoms with Crippen molar-refractivity contribution in [2.75, 3.05) is 0 Å². The van der Waals surface area contributed by atoms with Gasteiger partial charge in [0.25, 0.3) is 0 Å². The van der Waals surface area contributed by atoms with Crippen LogP contribution in [0.1, 0.15) is 0 Å². The van der Waals surface area contributed by atoms with Gasteiger partial charge >= 0.3 is 5.82 Å². The van der Waals surface area contributed by atoms with E-state index in [1.807, 2.05) is 12.1 Å². The van der Waals surface area contributed by atoms with Crippen molar-refractivity contribution in [2.24, 2.45) is 0 Å². The second-order valence-corrected chi connectivity index (χ2v) is 11.0. The van der Waals surface area contributed by atoms with Gasteiger partial charge in [-0.05, 0) is 59.7 Å². The summed E-state index contributed by atoms with van der Waals surface area (Å²) in [7, 11) is 0. The highest BCUT2D eigenvalue weighted by Gasteiger charge is 2.16. The molecular formula is C26H8Cl4N4S2. The van der Waals surface area contributed by atoms with Gasteiger partial charge < -0.3 is 0 Å². The third-order valence-electron chi connectivity index (χ3n) is 4.92. The van der Waals surface area contributed by atoms with Crippen LogP contribution < -0.4 is 9.06 Å². The van der Waals surface area contributed by atoms with E-state index in [-0.39, 0.29) is 11.4 Å². The number of nitrogens with zero attached hydrogens (tertiary/aromatic N) is 4. The Bertz CT molecular complexity index is 1730. The largest absolute Gasteiger partial charge is 0.536 e. The molecule has 10 heteroatoms. The van der Waals surface area contributed by atoms with Crippen LogP contribution in [0, 0.1) is 44.9 Å². The number of nitriles is 2. The van der Waals surface area contributed by atoms with Crippen molar-refractivity contribution in [3.05, 3.63) is 110 Å². The summed E-state index contributed by atoms with van der Waals surface area (Å²) in [5.74, 6) is -0.0777. The van der Waals surface area contributed by atoms with Crippen molar-refractivity contribution in [1.82, 2.24) is 0 Å². The van der Waals surface area contributed by atoms with Crippen LogP contribution in [-0.2, 0) is 0 Å². The highest BCUT2D eigenvalue weighted by atomic mass is 35.5. The Morgan fingerprint density at radius 1 is 0.639 bits per heavy atom. The SMILES string of the molecule is [C-]#[N+]C([N+]#[C-])=c1cc(-c2cc(Cl)cc(Cl)c2)/c(=c2\sc(=C(C#N)C#N)cc2-c2cc(Cl)cc(Cl)c2)s1. The first-order chi connectivity index (χ1) is 17.3. The lowest BCUT2D eigenvalue weighted by molar-refractivity contribution is 1.51. The molecule has 0 aliphatic rings. The minimum atomic E-state index is -0.0777. The molecule has 2 aromatic carbocycles. The van der Waals surface area contributed by atoms with E-state index in [0.717, 1.165) is 0 Å². The van der Waals surface area contributed by atoms with Gasteiger partial charge in [0.15, 0.2) is 0 Å². The number of thiophene rings is 2. The first kappa shape index (κ1) is 25.8. The molecule has 0 spiro atoms. The molecule has 2 aromatic heterocycles. The summed E-state index contributed by atoms with van der Waals surface area (Å²) in [6.07, 6.45) is 0. The number of hydrogen-bond donors (Lipinski definition) is 0. The standard InChI is InChI=1S/C26H8Cl4N4S2/c1-33-26(34-2)23-10-21(14-5-18(29)8-19(30)6-14)25(36-23)24-20(9-22(35-24)15(11-31)12-32)13-3-16(27)7-17(28)4-13/h3-10H/b25-24+. The molecule has 36 heavy (non-hydrogen) atoms. The maximum Gasteiger partial charge on any atom is 0.536 e.